The number of carbonyl (C=O) groups is 2. The smallest absolute Gasteiger partial charge is 0.358 e. The SMILES string of the molecule is COC(=O)c1nc(-c2ccc(C)c(F)c2C)cc(NC(C)=O)c1Cl. The van der Waals surface area contributed by atoms with Crippen molar-refractivity contribution in [3.63, 3.8) is 0 Å². The lowest BCUT2D eigenvalue weighted by molar-refractivity contribution is -0.114. The first-order valence-corrected chi connectivity index (χ1v) is 7.46. The molecule has 0 spiro atoms. The van der Waals surface area contributed by atoms with E-state index in [9.17, 15) is 14.0 Å². The van der Waals surface area contributed by atoms with Gasteiger partial charge in [-0.1, -0.05) is 23.7 Å². The lowest BCUT2D eigenvalue weighted by Crippen LogP contribution is -2.12. The lowest BCUT2D eigenvalue weighted by atomic mass is 10.0. The second-order valence-corrected chi connectivity index (χ2v) is 5.64. The summed E-state index contributed by atoms with van der Waals surface area (Å²) in [4.78, 5) is 27.5. The van der Waals surface area contributed by atoms with E-state index in [2.05, 4.69) is 15.0 Å². The molecule has 1 amide bonds. The van der Waals surface area contributed by atoms with Crippen LogP contribution in [-0.2, 0) is 9.53 Å². The molecule has 0 bridgehead atoms. The summed E-state index contributed by atoms with van der Waals surface area (Å²) >= 11 is 6.13. The zero-order valence-electron chi connectivity index (χ0n) is 13.7. The molecule has 0 unspecified atom stereocenters. The molecule has 5 nitrogen and oxygen atoms in total. The van der Waals surface area contributed by atoms with Crippen molar-refractivity contribution in [1.82, 2.24) is 4.98 Å². The number of rotatable bonds is 3. The minimum Gasteiger partial charge on any atom is -0.464 e. The topological polar surface area (TPSA) is 68.3 Å². The summed E-state index contributed by atoms with van der Waals surface area (Å²) in [6.07, 6.45) is 0. The fourth-order valence-electron chi connectivity index (χ4n) is 2.28. The monoisotopic (exact) mass is 350 g/mol. The van der Waals surface area contributed by atoms with E-state index < -0.39 is 5.97 Å². The molecule has 0 saturated carbocycles. The van der Waals surface area contributed by atoms with Gasteiger partial charge in [0.15, 0.2) is 5.69 Å². The van der Waals surface area contributed by atoms with Crippen LogP contribution in [0.2, 0.25) is 5.02 Å². The van der Waals surface area contributed by atoms with Crippen molar-refractivity contribution in [2.75, 3.05) is 12.4 Å². The summed E-state index contributed by atoms with van der Waals surface area (Å²) in [5.41, 5.74) is 1.73. The molecule has 24 heavy (non-hydrogen) atoms. The molecule has 2 rings (SSSR count). The van der Waals surface area contributed by atoms with Crippen LogP contribution in [0.3, 0.4) is 0 Å². The summed E-state index contributed by atoms with van der Waals surface area (Å²) in [6.45, 7) is 4.58. The van der Waals surface area contributed by atoms with Crippen LogP contribution in [-0.4, -0.2) is 24.0 Å². The average Bonchev–Trinajstić information content (AvgIpc) is 2.53. The Bertz CT molecular complexity index is 837. The highest BCUT2D eigenvalue weighted by Gasteiger charge is 2.20. The second-order valence-electron chi connectivity index (χ2n) is 5.26. The van der Waals surface area contributed by atoms with Crippen LogP contribution < -0.4 is 5.32 Å². The highest BCUT2D eigenvalue weighted by Crippen LogP contribution is 2.33. The van der Waals surface area contributed by atoms with Crippen LogP contribution in [0, 0.1) is 19.7 Å². The van der Waals surface area contributed by atoms with Crippen LogP contribution in [0.1, 0.15) is 28.5 Å². The quantitative estimate of drug-likeness (QED) is 0.852. The molecule has 0 aliphatic carbocycles. The van der Waals surface area contributed by atoms with E-state index in [1.807, 2.05) is 0 Å². The van der Waals surface area contributed by atoms with Gasteiger partial charge in [0, 0.05) is 12.5 Å². The highest BCUT2D eigenvalue weighted by atomic mass is 35.5. The number of benzene rings is 1. The largest absolute Gasteiger partial charge is 0.464 e. The summed E-state index contributed by atoms with van der Waals surface area (Å²) < 4.78 is 18.8. The molecule has 0 fully saturated rings. The van der Waals surface area contributed by atoms with E-state index in [1.54, 1.807) is 26.0 Å². The van der Waals surface area contributed by atoms with Crippen molar-refractivity contribution in [2.24, 2.45) is 0 Å². The van der Waals surface area contributed by atoms with Gasteiger partial charge in [-0.3, -0.25) is 4.79 Å². The Kier molecular flexibility index (Phi) is 5.19. The molecule has 1 aromatic heterocycles. The molecule has 126 valence electrons. The first kappa shape index (κ1) is 17.9. The highest BCUT2D eigenvalue weighted by molar-refractivity contribution is 6.36. The summed E-state index contributed by atoms with van der Waals surface area (Å²) in [6, 6.07) is 4.81. The molecule has 0 aliphatic rings. The van der Waals surface area contributed by atoms with Crippen molar-refractivity contribution in [2.45, 2.75) is 20.8 Å². The van der Waals surface area contributed by atoms with Crippen molar-refractivity contribution in [1.29, 1.82) is 0 Å². The first-order valence-electron chi connectivity index (χ1n) is 7.08. The molecule has 1 aromatic carbocycles. The van der Waals surface area contributed by atoms with Gasteiger partial charge in [-0.2, -0.15) is 0 Å². The maximum Gasteiger partial charge on any atom is 0.358 e. The number of aryl methyl sites for hydroxylation is 1. The van der Waals surface area contributed by atoms with E-state index >= 15 is 0 Å². The van der Waals surface area contributed by atoms with Crippen LogP contribution in [0.5, 0.6) is 0 Å². The first-order chi connectivity index (χ1) is 11.3. The van der Waals surface area contributed by atoms with Crippen molar-refractivity contribution in [3.05, 3.63) is 45.9 Å². The van der Waals surface area contributed by atoms with E-state index in [0.29, 0.717) is 22.4 Å². The van der Waals surface area contributed by atoms with Crippen molar-refractivity contribution < 1.29 is 18.7 Å². The van der Waals surface area contributed by atoms with E-state index in [1.165, 1.54) is 20.1 Å². The second kappa shape index (κ2) is 6.97. The Labute approximate surface area is 143 Å². The van der Waals surface area contributed by atoms with E-state index in [0.717, 1.165) is 0 Å². The molecular formula is C17H16ClFN2O3. The van der Waals surface area contributed by atoms with Gasteiger partial charge in [-0.05, 0) is 31.0 Å². The third-order valence-corrected chi connectivity index (χ3v) is 3.89. The van der Waals surface area contributed by atoms with Crippen molar-refractivity contribution in [3.8, 4) is 11.3 Å². The minimum absolute atomic E-state index is 0.0361. The standard InChI is InChI=1S/C17H16ClFN2O3/c1-8-5-6-11(9(2)15(8)19)12-7-13(20-10(3)22)14(18)16(21-12)17(23)24-4/h5-7H,1-4H3,(H,20,21,22). The van der Waals surface area contributed by atoms with Crippen LogP contribution in [0.4, 0.5) is 10.1 Å². The summed E-state index contributed by atoms with van der Waals surface area (Å²) in [7, 11) is 1.20. The molecule has 0 aliphatic heterocycles. The molecule has 0 atom stereocenters. The average molecular weight is 351 g/mol. The zero-order valence-corrected chi connectivity index (χ0v) is 14.4. The number of aromatic nitrogens is 1. The van der Waals surface area contributed by atoms with Gasteiger partial charge < -0.3 is 10.1 Å². The molecular weight excluding hydrogens is 335 g/mol. The van der Waals surface area contributed by atoms with Gasteiger partial charge in [-0.15, -0.1) is 0 Å². The molecule has 1 N–H and O–H groups in total. The van der Waals surface area contributed by atoms with Gasteiger partial charge in [0.2, 0.25) is 5.91 Å². The van der Waals surface area contributed by atoms with Crippen molar-refractivity contribution >= 4 is 29.2 Å². The number of nitrogens with zero attached hydrogens (tertiary/aromatic N) is 1. The summed E-state index contributed by atoms with van der Waals surface area (Å²) in [5.74, 6) is -1.47. The van der Waals surface area contributed by atoms with Crippen LogP contribution >= 0.6 is 11.6 Å². The number of nitrogens with one attached hydrogen (secondary N) is 1. The van der Waals surface area contributed by atoms with Crippen LogP contribution in [0.25, 0.3) is 11.3 Å². The number of amides is 1. The number of methoxy groups -OCH3 is 1. The molecule has 0 radical (unpaired) electrons. The van der Waals surface area contributed by atoms with Gasteiger partial charge in [0.05, 0.1) is 23.5 Å². The maximum absolute atomic E-state index is 14.2. The maximum atomic E-state index is 14.2. The Morgan fingerprint density at radius 3 is 2.54 bits per heavy atom. The predicted molar refractivity (Wildman–Crippen MR) is 89.8 cm³/mol. The number of hydrogen-bond acceptors (Lipinski definition) is 4. The third-order valence-electron chi connectivity index (χ3n) is 3.50. The Morgan fingerprint density at radius 1 is 1.29 bits per heavy atom. The Balaban J connectivity index is 2.72. The number of hydrogen-bond donors (Lipinski definition) is 1. The van der Waals surface area contributed by atoms with Gasteiger partial charge >= 0.3 is 5.97 Å². The van der Waals surface area contributed by atoms with E-state index in [4.69, 9.17) is 11.6 Å². The molecule has 0 saturated heterocycles. The number of esters is 1. The van der Waals surface area contributed by atoms with E-state index in [-0.39, 0.29) is 28.1 Å². The summed E-state index contributed by atoms with van der Waals surface area (Å²) in [5, 5.41) is 2.50. The fraction of sp³-hybridized carbons (Fsp3) is 0.235. The number of halogens is 2. The fourth-order valence-corrected chi connectivity index (χ4v) is 2.50. The third kappa shape index (κ3) is 3.38. The minimum atomic E-state index is -0.751. The number of ether oxygens (including phenoxy) is 1. The molecule has 1 heterocycles. The number of anilines is 1. The van der Waals surface area contributed by atoms with Gasteiger partial charge in [0.1, 0.15) is 5.82 Å². The van der Waals surface area contributed by atoms with Crippen LogP contribution in [0.15, 0.2) is 18.2 Å². The predicted octanol–water partition coefficient (Wildman–Crippen LogP) is 3.90. The van der Waals surface area contributed by atoms with Gasteiger partial charge in [0.25, 0.3) is 0 Å². The number of pyridine rings is 1. The Morgan fingerprint density at radius 2 is 1.96 bits per heavy atom. The normalized spacial score (nSPS) is 10.4. The Hall–Kier alpha value is -2.47. The van der Waals surface area contributed by atoms with Gasteiger partial charge in [-0.25, -0.2) is 14.2 Å². The molecule has 2 aromatic rings. The zero-order chi connectivity index (χ0) is 18.0. The lowest BCUT2D eigenvalue weighted by Gasteiger charge is -2.13. The number of carbonyl (C=O) groups excluding carboxylic acids is 2. The molecule has 7 heteroatoms.